The van der Waals surface area contributed by atoms with E-state index in [4.69, 9.17) is 98.0 Å². The van der Waals surface area contributed by atoms with Gasteiger partial charge in [-0.1, -0.05) is 187 Å². The minimum atomic E-state index is -0.256. The van der Waals surface area contributed by atoms with Gasteiger partial charge in [0.2, 0.25) is 0 Å². The highest BCUT2D eigenvalue weighted by Crippen LogP contribution is 2.47. The van der Waals surface area contributed by atoms with Crippen molar-refractivity contribution in [1.29, 1.82) is 0 Å². The third kappa shape index (κ3) is 18.3. The third-order valence-electron chi connectivity index (χ3n) is 17.2. The van der Waals surface area contributed by atoms with Crippen LogP contribution in [0.1, 0.15) is 73.2 Å². The molecular formula is C85H61Cl6NO8S8. The van der Waals surface area contributed by atoms with E-state index in [0.29, 0.717) is 65.2 Å². The number of cyclic esters (lactones) is 2. The van der Waals surface area contributed by atoms with Crippen LogP contribution in [0.3, 0.4) is 0 Å². The first-order chi connectivity index (χ1) is 52.3. The van der Waals surface area contributed by atoms with Crippen molar-refractivity contribution in [2.75, 3.05) is 39.6 Å². The lowest BCUT2D eigenvalue weighted by Gasteiger charge is -2.05. The van der Waals surface area contributed by atoms with Gasteiger partial charge in [0.25, 0.3) is 0 Å². The van der Waals surface area contributed by atoms with Crippen molar-refractivity contribution in [3.63, 3.8) is 0 Å². The highest BCUT2D eigenvalue weighted by molar-refractivity contribution is 7.19. The summed E-state index contributed by atoms with van der Waals surface area (Å²) in [4.78, 5) is 36.2. The van der Waals surface area contributed by atoms with Gasteiger partial charge in [-0.05, 0) is 160 Å². The number of pyridine rings is 1. The first kappa shape index (κ1) is 77.8. The highest BCUT2D eigenvalue weighted by atomic mass is 35.5. The number of hydrogen-bond donors (Lipinski definition) is 0. The SMILES string of the molecule is C=C1OCC(c2ccc(Cl)s2)=C1c1ccccc1.C=C1OCC(c2ccc(Cl)s2)=C1c1ccccn1.C=C1OCC(c2ccc(Cl)s2)=C1c1cccs1.C=C1OCC(c2ccc(Cl)s2)=C1c1ccsc1.Cc1ccccc1C1=C(c2ccc(Cl)s2)COC1=O.Cc1ccccc1C1=C(c2ccc(Cl)s2)COC1=O. The number of halogens is 6. The van der Waals surface area contributed by atoms with Crippen LogP contribution in [0.25, 0.3) is 66.9 Å². The Bertz CT molecular complexity index is 5240. The number of aryl methyl sites for hydroxylation is 2. The number of aromatic nitrogens is 1. The van der Waals surface area contributed by atoms with E-state index < -0.39 is 0 Å². The van der Waals surface area contributed by atoms with Gasteiger partial charge in [0.15, 0.2) is 0 Å². The summed E-state index contributed by atoms with van der Waals surface area (Å²) >= 11 is 48.5. The van der Waals surface area contributed by atoms with E-state index in [1.54, 1.807) is 74.2 Å². The largest absolute Gasteiger partial charge is 0.489 e. The molecule has 0 atom stereocenters. The lowest BCUT2D eigenvalue weighted by atomic mass is 9.97. The van der Waals surface area contributed by atoms with Crippen molar-refractivity contribution >= 4 is 239 Å². The maximum Gasteiger partial charge on any atom is 0.339 e. The number of allylic oxidation sites excluding steroid dienone is 4. The molecule has 544 valence electrons. The highest BCUT2D eigenvalue weighted by Gasteiger charge is 2.32. The van der Waals surface area contributed by atoms with Crippen LogP contribution in [-0.2, 0) is 38.0 Å². The molecule has 0 N–H and O–H groups in total. The van der Waals surface area contributed by atoms with Gasteiger partial charge in [-0.2, -0.15) is 11.3 Å². The Kier molecular flexibility index (Phi) is 26.0. The predicted molar refractivity (Wildman–Crippen MR) is 461 cm³/mol. The molecule has 9 aromatic heterocycles. The summed E-state index contributed by atoms with van der Waals surface area (Å²) in [6, 6.07) is 61.2. The average Bonchev–Trinajstić information content (AvgIpc) is 1.57. The fourth-order valence-electron chi connectivity index (χ4n) is 12.2. The Morgan fingerprint density at radius 3 is 1.04 bits per heavy atom. The number of rotatable bonds is 12. The van der Waals surface area contributed by atoms with Gasteiger partial charge in [0, 0.05) is 96.1 Å². The normalized spacial score (nSPS) is 15.1. The zero-order chi connectivity index (χ0) is 75.5. The molecule has 0 amide bonds. The van der Waals surface area contributed by atoms with E-state index >= 15 is 0 Å². The number of carbonyl (C=O) groups excluding carboxylic acids is 2. The number of nitrogens with zero attached hydrogens (tertiary/aromatic N) is 1. The molecule has 12 aromatic rings. The van der Waals surface area contributed by atoms with Crippen LogP contribution >= 0.6 is 160 Å². The first-order valence-corrected chi connectivity index (χ1v) is 42.1. The van der Waals surface area contributed by atoms with Gasteiger partial charge in [-0.25, -0.2) is 9.59 Å². The molecule has 0 radical (unpaired) electrons. The van der Waals surface area contributed by atoms with E-state index in [1.165, 1.54) is 49.8 Å². The number of benzene rings is 3. The smallest absolute Gasteiger partial charge is 0.339 e. The van der Waals surface area contributed by atoms with Crippen LogP contribution in [0, 0.1) is 13.8 Å². The summed E-state index contributed by atoms with van der Waals surface area (Å²) in [7, 11) is 0. The molecule has 6 aliphatic rings. The van der Waals surface area contributed by atoms with Crippen molar-refractivity contribution in [1.82, 2.24) is 4.98 Å². The summed E-state index contributed by atoms with van der Waals surface area (Å²) in [6.45, 7) is 22.8. The topological polar surface area (TPSA) is 102 Å². The number of ether oxygens (including phenoxy) is 6. The van der Waals surface area contributed by atoms with E-state index in [1.807, 2.05) is 178 Å². The van der Waals surface area contributed by atoms with Gasteiger partial charge in [-0.15, -0.1) is 79.4 Å². The molecule has 0 unspecified atom stereocenters. The Hall–Kier alpha value is -8.31. The van der Waals surface area contributed by atoms with E-state index in [0.717, 1.165) is 136 Å². The molecule has 3 aromatic carbocycles. The second-order valence-corrected chi connectivity index (χ2v) is 36.0. The molecule has 0 bridgehead atoms. The van der Waals surface area contributed by atoms with Crippen LogP contribution < -0.4 is 0 Å². The number of esters is 2. The van der Waals surface area contributed by atoms with Crippen LogP contribution in [-0.4, -0.2) is 56.6 Å². The number of hydrogen-bond acceptors (Lipinski definition) is 17. The molecule has 0 fully saturated rings. The summed E-state index contributed by atoms with van der Waals surface area (Å²) in [5, 5.41) is 6.24. The second-order valence-electron chi connectivity index (χ2n) is 23.9. The molecule has 0 spiro atoms. The van der Waals surface area contributed by atoms with Crippen molar-refractivity contribution in [2.24, 2.45) is 0 Å². The minimum absolute atomic E-state index is 0.256. The Morgan fingerprint density at radius 2 is 0.676 bits per heavy atom. The van der Waals surface area contributed by atoms with Crippen LogP contribution in [0.15, 0.2) is 260 Å². The zero-order valence-electron chi connectivity index (χ0n) is 57.5. The Balaban J connectivity index is 0.000000114. The van der Waals surface area contributed by atoms with Crippen LogP contribution in [0.2, 0.25) is 26.0 Å². The lowest BCUT2D eigenvalue weighted by molar-refractivity contribution is -0.134. The molecule has 0 aliphatic carbocycles. The maximum absolute atomic E-state index is 12.0. The van der Waals surface area contributed by atoms with Crippen molar-refractivity contribution in [2.45, 2.75) is 13.8 Å². The maximum atomic E-state index is 12.0. The number of carbonyl (C=O) groups is 2. The van der Waals surface area contributed by atoms with Crippen molar-refractivity contribution in [3.8, 4) is 0 Å². The molecular weight excluding hydrogens is 1630 g/mol. The second kappa shape index (κ2) is 36.0. The van der Waals surface area contributed by atoms with Crippen molar-refractivity contribution in [3.05, 3.63) is 359 Å². The van der Waals surface area contributed by atoms with Gasteiger partial charge in [0.1, 0.15) is 62.7 Å². The Labute approximate surface area is 687 Å². The molecule has 0 saturated carbocycles. The fraction of sp³-hybridized carbons (Fsp3) is 0.0941. The number of thiophene rings is 8. The summed E-state index contributed by atoms with van der Waals surface area (Å²) in [6.07, 6.45) is 1.77. The standard InChI is InChI=1S/2C15H11ClO2S.C15H11ClOS.C14H10ClNOS.2C13H9ClOS2/c2*1-9-4-2-3-5-10(9)14-11(8-18-15(14)17)12-6-7-13(16)19-12;1-10-15(11-5-3-2-4-6-11)12(9-17-10)13-7-8-14(16)18-13;1-9-14(11-4-2-3-7-16-11)10(8-17-9)12-5-6-13(15)18-12;1-8-13(9-4-5-16-7-9)10(6-15-8)11-2-3-12(14)17-11;1-8-13(11-3-2-6-16-11)9(7-15-8)10-4-5-12(14)17-10/h2*2-7H,8H2,1H3;2-8H,1,9H2;2-7H,1,8H2;2-5,7H,1,6H2;2-6H,1,7H2. The van der Waals surface area contributed by atoms with E-state index in [9.17, 15) is 9.59 Å². The molecule has 15 heterocycles. The molecule has 23 heteroatoms. The van der Waals surface area contributed by atoms with E-state index in [2.05, 4.69) is 71.7 Å². The summed E-state index contributed by atoms with van der Waals surface area (Å²) < 4.78 is 37.3. The van der Waals surface area contributed by atoms with Crippen molar-refractivity contribution < 1.29 is 38.0 Å². The molecule has 108 heavy (non-hydrogen) atoms. The van der Waals surface area contributed by atoms with Gasteiger partial charge in [-0.3, -0.25) is 4.98 Å². The quantitative estimate of drug-likeness (QED) is 0.111. The van der Waals surface area contributed by atoms with Gasteiger partial charge in [0.05, 0.1) is 42.9 Å². The third-order valence-corrected chi connectivity index (χ3v) is 26.5. The summed E-state index contributed by atoms with van der Waals surface area (Å²) in [5.41, 5.74) is 19.4. The zero-order valence-corrected chi connectivity index (χ0v) is 68.6. The summed E-state index contributed by atoms with van der Waals surface area (Å²) in [5.74, 6) is 2.41. The lowest BCUT2D eigenvalue weighted by Crippen LogP contribution is -2.00. The molecule has 6 aliphatic heterocycles. The monoisotopic (exact) mass is 1690 g/mol. The van der Waals surface area contributed by atoms with Crippen LogP contribution in [0.4, 0.5) is 0 Å². The first-order valence-electron chi connectivity index (χ1n) is 33.1. The van der Waals surface area contributed by atoms with Gasteiger partial charge >= 0.3 is 11.9 Å². The van der Waals surface area contributed by atoms with Gasteiger partial charge < -0.3 is 28.4 Å². The van der Waals surface area contributed by atoms with E-state index in [-0.39, 0.29) is 11.9 Å². The molecule has 0 saturated heterocycles. The average molecular weight is 1690 g/mol. The molecule has 18 rings (SSSR count). The minimum Gasteiger partial charge on any atom is -0.489 e. The predicted octanol–water partition coefficient (Wildman–Crippen LogP) is 27.3. The van der Waals surface area contributed by atoms with Crippen LogP contribution in [0.5, 0.6) is 0 Å². The fourth-order valence-corrected chi connectivity index (χ4v) is 20.1. The Morgan fingerprint density at radius 1 is 0.324 bits per heavy atom. The molecule has 9 nitrogen and oxygen atoms in total.